The molecule has 0 unspecified atom stereocenters. The van der Waals surface area contributed by atoms with Crippen molar-refractivity contribution in [2.24, 2.45) is 0 Å². The van der Waals surface area contributed by atoms with Gasteiger partial charge in [0.2, 0.25) is 0 Å². The molecule has 0 aliphatic rings. The Morgan fingerprint density at radius 1 is 1.26 bits per heavy atom. The number of para-hydroxylation sites is 1. The maximum atomic E-state index is 13.5. The smallest absolute Gasteiger partial charge is 0.304 e. The third kappa shape index (κ3) is 3.65. The van der Waals surface area contributed by atoms with Crippen molar-refractivity contribution in [3.05, 3.63) is 51.8 Å². The molecule has 7 heteroatoms. The van der Waals surface area contributed by atoms with Gasteiger partial charge in [-0.3, -0.25) is 5.32 Å². The van der Waals surface area contributed by atoms with Crippen molar-refractivity contribution in [2.75, 3.05) is 10.6 Å². The number of anilines is 2. The Labute approximate surface area is 122 Å². The fourth-order valence-electron chi connectivity index (χ4n) is 1.33. The van der Waals surface area contributed by atoms with E-state index in [0.717, 1.165) is 4.47 Å². The number of urea groups is 1. The van der Waals surface area contributed by atoms with E-state index in [9.17, 15) is 9.18 Å². The molecule has 19 heavy (non-hydrogen) atoms. The van der Waals surface area contributed by atoms with Crippen molar-refractivity contribution in [3.63, 3.8) is 0 Å². The molecule has 1 aromatic heterocycles. The molecule has 0 aliphatic carbocycles. The number of nitrogens with one attached hydrogen (secondary N) is 2. The summed E-state index contributed by atoms with van der Waals surface area (Å²) in [5.41, 5.74) is -0.0706. The van der Waals surface area contributed by atoms with E-state index >= 15 is 0 Å². The minimum atomic E-state index is -0.623. The van der Waals surface area contributed by atoms with Gasteiger partial charge in [-0.15, -0.1) is 0 Å². The maximum absolute atomic E-state index is 13.5. The first-order valence-electron chi connectivity index (χ1n) is 5.20. The van der Waals surface area contributed by atoms with Crippen LogP contribution in [0.2, 0.25) is 5.02 Å². The fraction of sp³-hybridized carbons (Fsp3) is 0. The highest BCUT2D eigenvalue weighted by molar-refractivity contribution is 9.10. The third-order valence-corrected chi connectivity index (χ3v) is 2.95. The van der Waals surface area contributed by atoms with Gasteiger partial charge in [0, 0.05) is 10.7 Å². The van der Waals surface area contributed by atoms with Gasteiger partial charge in [-0.1, -0.05) is 17.7 Å². The first kappa shape index (κ1) is 13.8. The molecular weight excluding hydrogens is 337 g/mol. The molecule has 0 radical (unpaired) electrons. The van der Waals surface area contributed by atoms with E-state index in [-0.39, 0.29) is 10.7 Å². The summed E-state index contributed by atoms with van der Waals surface area (Å²) in [7, 11) is 0. The first-order chi connectivity index (χ1) is 9.06. The number of halogens is 3. The van der Waals surface area contributed by atoms with Gasteiger partial charge in [-0.05, 0) is 40.2 Å². The third-order valence-electron chi connectivity index (χ3n) is 2.17. The zero-order chi connectivity index (χ0) is 13.8. The summed E-state index contributed by atoms with van der Waals surface area (Å²) in [5, 5.41) is 4.92. The van der Waals surface area contributed by atoms with Gasteiger partial charge in [0.05, 0.1) is 10.7 Å². The standard InChI is InChI=1S/C12H8BrClFN3O/c13-7-4-5-10(16-6-7)17-12(19)18-11-8(14)2-1-3-9(11)15/h1-6H,(H2,16,17,18,19). The Kier molecular flexibility index (Phi) is 4.34. The molecule has 0 saturated carbocycles. The maximum Gasteiger partial charge on any atom is 0.324 e. The Balaban J connectivity index is 2.07. The predicted octanol–water partition coefficient (Wildman–Crippen LogP) is 4.28. The van der Waals surface area contributed by atoms with Gasteiger partial charge in [0.25, 0.3) is 0 Å². The van der Waals surface area contributed by atoms with E-state index in [0.29, 0.717) is 5.82 Å². The molecule has 2 N–H and O–H groups in total. The number of rotatable bonds is 2. The van der Waals surface area contributed by atoms with Gasteiger partial charge in [-0.2, -0.15) is 0 Å². The Morgan fingerprint density at radius 2 is 2.05 bits per heavy atom. The molecule has 4 nitrogen and oxygen atoms in total. The van der Waals surface area contributed by atoms with Gasteiger partial charge in [-0.25, -0.2) is 14.2 Å². The summed E-state index contributed by atoms with van der Waals surface area (Å²) in [5.74, 6) is -0.264. The number of nitrogens with zero attached hydrogens (tertiary/aromatic N) is 1. The summed E-state index contributed by atoms with van der Waals surface area (Å²) in [6.07, 6.45) is 1.53. The monoisotopic (exact) mass is 343 g/mol. The largest absolute Gasteiger partial charge is 0.324 e. The zero-order valence-electron chi connectivity index (χ0n) is 9.45. The molecular formula is C12H8BrClFN3O. The number of carbonyl (C=O) groups excluding carboxylic acids is 1. The second kappa shape index (κ2) is 5.99. The molecule has 1 heterocycles. The van der Waals surface area contributed by atoms with Crippen LogP contribution in [0.25, 0.3) is 0 Å². The number of hydrogen-bond donors (Lipinski definition) is 2. The molecule has 98 valence electrons. The summed E-state index contributed by atoms with van der Waals surface area (Å²) in [6, 6.07) is 6.85. The van der Waals surface area contributed by atoms with Crippen molar-refractivity contribution < 1.29 is 9.18 Å². The van der Waals surface area contributed by atoms with Gasteiger partial charge >= 0.3 is 6.03 Å². The van der Waals surface area contributed by atoms with Gasteiger partial charge in [0.1, 0.15) is 11.6 Å². The SMILES string of the molecule is O=C(Nc1ccc(Br)cn1)Nc1c(F)cccc1Cl. The molecule has 2 aromatic rings. The highest BCUT2D eigenvalue weighted by Crippen LogP contribution is 2.24. The van der Waals surface area contributed by atoms with Crippen molar-refractivity contribution in [1.29, 1.82) is 0 Å². The van der Waals surface area contributed by atoms with E-state index in [1.807, 2.05) is 0 Å². The highest BCUT2D eigenvalue weighted by Gasteiger charge is 2.10. The van der Waals surface area contributed by atoms with Crippen molar-refractivity contribution in [3.8, 4) is 0 Å². The average molecular weight is 345 g/mol. The summed E-state index contributed by atoms with van der Waals surface area (Å²) in [6.45, 7) is 0. The normalized spacial score (nSPS) is 10.1. The van der Waals surface area contributed by atoms with E-state index in [4.69, 9.17) is 11.6 Å². The zero-order valence-corrected chi connectivity index (χ0v) is 11.8. The minimum absolute atomic E-state index is 0.0706. The Morgan fingerprint density at radius 3 is 2.68 bits per heavy atom. The summed E-state index contributed by atoms with van der Waals surface area (Å²) >= 11 is 9.02. The molecule has 0 fully saturated rings. The van der Waals surface area contributed by atoms with E-state index in [1.54, 1.807) is 12.1 Å². The van der Waals surface area contributed by atoms with Crippen LogP contribution in [0.1, 0.15) is 0 Å². The molecule has 0 bridgehead atoms. The lowest BCUT2D eigenvalue weighted by Crippen LogP contribution is -2.20. The summed E-state index contributed by atoms with van der Waals surface area (Å²) in [4.78, 5) is 15.6. The number of amides is 2. The van der Waals surface area contributed by atoms with Crippen LogP contribution >= 0.6 is 27.5 Å². The van der Waals surface area contributed by atoms with Crippen LogP contribution in [0.15, 0.2) is 41.0 Å². The molecule has 0 atom stereocenters. The van der Waals surface area contributed by atoms with Crippen LogP contribution in [0, 0.1) is 5.82 Å². The van der Waals surface area contributed by atoms with Crippen LogP contribution in [-0.4, -0.2) is 11.0 Å². The fourth-order valence-corrected chi connectivity index (χ4v) is 1.77. The van der Waals surface area contributed by atoms with Crippen LogP contribution in [-0.2, 0) is 0 Å². The Bertz CT molecular complexity index is 586. The molecule has 1 aromatic carbocycles. The van der Waals surface area contributed by atoms with E-state index < -0.39 is 11.8 Å². The number of carbonyl (C=O) groups is 1. The topological polar surface area (TPSA) is 54.0 Å². The number of hydrogen-bond acceptors (Lipinski definition) is 2. The predicted molar refractivity (Wildman–Crippen MR) is 76.0 cm³/mol. The Hall–Kier alpha value is -1.66. The minimum Gasteiger partial charge on any atom is -0.304 e. The number of aromatic nitrogens is 1. The lowest BCUT2D eigenvalue weighted by Gasteiger charge is -2.09. The van der Waals surface area contributed by atoms with Crippen LogP contribution < -0.4 is 10.6 Å². The van der Waals surface area contributed by atoms with E-state index in [2.05, 4.69) is 31.5 Å². The first-order valence-corrected chi connectivity index (χ1v) is 6.37. The van der Waals surface area contributed by atoms with Crippen LogP contribution in [0.5, 0.6) is 0 Å². The average Bonchev–Trinajstić information content (AvgIpc) is 2.37. The van der Waals surface area contributed by atoms with Gasteiger partial charge in [0.15, 0.2) is 0 Å². The quantitative estimate of drug-likeness (QED) is 0.854. The molecule has 0 spiro atoms. The second-order valence-electron chi connectivity index (χ2n) is 3.54. The second-order valence-corrected chi connectivity index (χ2v) is 4.86. The van der Waals surface area contributed by atoms with Crippen LogP contribution in [0.4, 0.5) is 20.7 Å². The van der Waals surface area contributed by atoms with E-state index in [1.165, 1.54) is 24.4 Å². The van der Waals surface area contributed by atoms with Gasteiger partial charge < -0.3 is 5.32 Å². The number of pyridine rings is 1. The van der Waals surface area contributed by atoms with Crippen molar-refractivity contribution in [2.45, 2.75) is 0 Å². The highest BCUT2D eigenvalue weighted by atomic mass is 79.9. The van der Waals surface area contributed by atoms with Crippen molar-refractivity contribution in [1.82, 2.24) is 4.98 Å². The van der Waals surface area contributed by atoms with Crippen molar-refractivity contribution >= 4 is 45.1 Å². The molecule has 2 amide bonds. The molecule has 2 rings (SSSR count). The molecule has 0 saturated heterocycles. The van der Waals surface area contributed by atoms with Crippen LogP contribution in [0.3, 0.4) is 0 Å². The lowest BCUT2D eigenvalue weighted by molar-refractivity contribution is 0.262. The molecule has 0 aliphatic heterocycles. The number of benzene rings is 1. The summed E-state index contributed by atoms with van der Waals surface area (Å²) < 4.78 is 14.2. The lowest BCUT2D eigenvalue weighted by atomic mass is 10.3.